The molecule has 1 saturated heterocycles. The topological polar surface area (TPSA) is 12.5 Å². The van der Waals surface area contributed by atoms with E-state index < -0.39 is 0 Å². The fourth-order valence-electron chi connectivity index (χ4n) is 2.95. The van der Waals surface area contributed by atoms with Crippen LogP contribution in [-0.2, 0) is 6.42 Å². The van der Waals surface area contributed by atoms with Crippen LogP contribution in [0, 0.1) is 0 Å². The molecule has 0 amide bonds. The number of likely N-dealkylation sites (N-methyl/N-ethyl adjacent to an activating group) is 1. The summed E-state index contributed by atoms with van der Waals surface area (Å²) in [5.74, 6) is 0.934. The molecule has 1 atom stereocenters. The smallest absolute Gasteiger partial charge is 0.118 e. The van der Waals surface area contributed by atoms with Crippen molar-refractivity contribution in [3.63, 3.8) is 0 Å². The maximum atomic E-state index is 5.22. The minimum Gasteiger partial charge on any atom is -0.497 e. The third-order valence-electron chi connectivity index (χ3n) is 4.12. The lowest BCUT2D eigenvalue weighted by Crippen LogP contribution is -2.40. The summed E-state index contributed by atoms with van der Waals surface area (Å²) in [6.45, 7) is 5.70. The van der Waals surface area contributed by atoms with E-state index >= 15 is 0 Å². The predicted molar refractivity (Wildman–Crippen MR) is 80.7 cm³/mol. The first-order valence-electron chi connectivity index (χ1n) is 7.11. The third-order valence-corrected chi connectivity index (χ3v) is 4.12. The zero-order valence-corrected chi connectivity index (χ0v) is 12.6. The van der Waals surface area contributed by atoms with Crippen LogP contribution in [0.15, 0.2) is 35.4 Å². The Morgan fingerprint density at radius 3 is 2.53 bits per heavy atom. The number of allylic oxidation sites excluding steroid dienone is 1. The van der Waals surface area contributed by atoms with E-state index in [9.17, 15) is 0 Å². The van der Waals surface area contributed by atoms with E-state index in [2.05, 4.69) is 50.1 Å². The van der Waals surface area contributed by atoms with Crippen LogP contribution in [-0.4, -0.2) is 31.6 Å². The van der Waals surface area contributed by atoms with Crippen molar-refractivity contribution >= 4 is 0 Å². The van der Waals surface area contributed by atoms with Crippen LogP contribution in [0.3, 0.4) is 0 Å². The maximum absolute atomic E-state index is 5.22. The number of likely N-dealkylation sites (tertiary alicyclic amines) is 1. The highest BCUT2D eigenvalue weighted by Crippen LogP contribution is 2.27. The Balaban J connectivity index is 2.16. The van der Waals surface area contributed by atoms with Gasteiger partial charge in [0.15, 0.2) is 0 Å². The molecule has 1 aromatic rings. The van der Waals surface area contributed by atoms with E-state index in [-0.39, 0.29) is 0 Å². The van der Waals surface area contributed by atoms with Gasteiger partial charge >= 0.3 is 0 Å². The Hall–Kier alpha value is -1.28. The predicted octanol–water partition coefficient (Wildman–Crippen LogP) is 3.67. The Labute approximate surface area is 117 Å². The van der Waals surface area contributed by atoms with Gasteiger partial charge in [-0.2, -0.15) is 0 Å². The molecule has 0 aromatic heterocycles. The van der Waals surface area contributed by atoms with Gasteiger partial charge in [0.2, 0.25) is 0 Å². The monoisotopic (exact) mass is 259 g/mol. The van der Waals surface area contributed by atoms with Crippen molar-refractivity contribution in [1.82, 2.24) is 4.90 Å². The summed E-state index contributed by atoms with van der Waals surface area (Å²) in [6, 6.07) is 9.04. The minimum atomic E-state index is 0.562. The molecule has 2 heteroatoms. The van der Waals surface area contributed by atoms with Crippen molar-refractivity contribution in [2.45, 2.75) is 39.2 Å². The van der Waals surface area contributed by atoms with Gasteiger partial charge in [-0.25, -0.2) is 0 Å². The van der Waals surface area contributed by atoms with Crippen LogP contribution >= 0.6 is 0 Å². The van der Waals surface area contributed by atoms with Gasteiger partial charge in [-0.05, 0) is 64.4 Å². The van der Waals surface area contributed by atoms with Gasteiger partial charge in [-0.3, -0.25) is 4.90 Å². The number of piperidine rings is 1. The first-order valence-corrected chi connectivity index (χ1v) is 7.11. The van der Waals surface area contributed by atoms with Crippen LogP contribution in [0.1, 0.15) is 32.3 Å². The molecule has 0 bridgehead atoms. The van der Waals surface area contributed by atoms with Gasteiger partial charge < -0.3 is 4.74 Å². The SMILES string of the molecule is COc1ccc(CC2C(=C(C)C)CCCN2C)cc1. The molecular formula is C17H25NO. The first kappa shape index (κ1) is 14.1. The molecule has 2 rings (SSSR count). The van der Waals surface area contributed by atoms with Gasteiger partial charge in [0.1, 0.15) is 5.75 Å². The number of rotatable bonds is 3. The van der Waals surface area contributed by atoms with E-state index in [4.69, 9.17) is 4.74 Å². The van der Waals surface area contributed by atoms with E-state index in [0.29, 0.717) is 6.04 Å². The molecule has 104 valence electrons. The molecule has 2 nitrogen and oxygen atoms in total. The summed E-state index contributed by atoms with van der Waals surface area (Å²) in [4.78, 5) is 2.50. The molecule has 0 N–H and O–H groups in total. The zero-order valence-electron chi connectivity index (χ0n) is 12.6. The van der Waals surface area contributed by atoms with Crippen LogP contribution in [0.2, 0.25) is 0 Å². The molecule has 1 fully saturated rings. The van der Waals surface area contributed by atoms with Gasteiger partial charge in [-0.15, -0.1) is 0 Å². The standard InChI is InChI=1S/C17H25NO/c1-13(2)16-6-5-11-18(3)17(16)12-14-7-9-15(19-4)10-8-14/h7-10,17H,5-6,11-12H2,1-4H3. The van der Waals surface area contributed by atoms with Crippen molar-refractivity contribution < 1.29 is 4.74 Å². The molecule has 1 aliphatic rings. The highest BCUT2D eigenvalue weighted by molar-refractivity contribution is 5.30. The van der Waals surface area contributed by atoms with E-state index in [0.717, 1.165) is 12.2 Å². The van der Waals surface area contributed by atoms with Crippen molar-refractivity contribution in [2.75, 3.05) is 20.7 Å². The Kier molecular flexibility index (Phi) is 4.65. The van der Waals surface area contributed by atoms with Crippen LogP contribution in [0.4, 0.5) is 0 Å². The summed E-state index contributed by atoms with van der Waals surface area (Å²) in [5.41, 5.74) is 4.51. The lowest BCUT2D eigenvalue weighted by Gasteiger charge is -2.36. The average Bonchev–Trinajstić information content (AvgIpc) is 2.41. The van der Waals surface area contributed by atoms with Crippen molar-refractivity contribution in [3.8, 4) is 5.75 Å². The molecule has 1 aliphatic heterocycles. The molecule has 0 spiro atoms. The minimum absolute atomic E-state index is 0.562. The fraction of sp³-hybridized carbons (Fsp3) is 0.529. The number of ether oxygens (including phenoxy) is 1. The Bertz CT molecular complexity index is 443. The first-order chi connectivity index (χ1) is 9.11. The second-order valence-electron chi connectivity index (χ2n) is 5.68. The van der Waals surface area contributed by atoms with Gasteiger partial charge in [0.25, 0.3) is 0 Å². The maximum Gasteiger partial charge on any atom is 0.118 e. The van der Waals surface area contributed by atoms with Gasteiger partial charge in [0, 0.05) is 6.04 Å². The Morgan fingerprint density at radius 1 is 1.26 bits per heavy atom. The molecule has 1 unspecified atom stereocenters. The highest BCUT2D eigenvalue weighted by atomic mass is 16.5. The molecule has 0 radical (unpaired) electrons. The van der Waals surface area contributed by atoms with Gasteiger partial charge in [0.05, 0.1) is 7.11 Å². The third kappa shape index (κ3) is 3.38. The quantitative estimate of drug-likeness (QED) is 0.768. The summed E-state index contributed by atoms with van der Waals surface area (Å²) in [5, 5.41) is 0. The number of methoxy groups -OCH3 is 1. The van der Waals surface area contributed by atoms with Crippen molar-refractivity contribution in [3.05, 3.63) is 41.0 Å². The summed E-state index contributed by atoms with van der Waals surface area (Å²) >= 11 is 0. The number of benzene rings is 1. The molecule has 0 aliphatic carbocycles. The lowest BCUT2D eigenvalue weighted by molar-refractivity contribution is 0.232. The van der Waals surface area contributed by atoms with Gasteiger partial charge in [-0.1, -0.05) is 23.3 Å². The second-order valence-corrected chi connectivity index (χ2v) is 5.68. The normalized spacial score (nSPS) is 20.4. The summed E-state index contributed by atoms with van der Waals surface area (Å²) < 4.78 is 5.22. The lowest BCUT2D eigenvalue weighted by atomic mass is 9.88. The Morgan fingerprint density at radius 2 is 1.95 bits per heavy atom. The van der Waals surface area contributed by atoms with E-state index in [1.165, 1.54) is 30.5 Å². The van der Waals surface area contributed by atoms with Crippen LogP contribution in [0.5, 0.6) is 5.75 Å². The van der Waals surface area contributed by atoms with E-state index in [1.54, 1.807) is 12.7 Å². The number of hydrogen-bond acceptors (Lipinski definition) is 2. The fourth-order valence-corrected chi connectivity index (χ4v) is 2.95. The van der Waals surface area contributed by atoms with Crippen molar-refractivity contribution in [2.24, 2.45) is 0 Å². The highest BCUT2D eigenvalue weighted by Gasteiger charge is 2.24. The van der Waals surface area contributed by atoms with E-state index in [1.807, 2.05) is 0 Å². The second kappa shape index (κ2) is 6.25. The summed E-state index contributed by atoms with van der Waals surface area (Å²) in [7, 11) is 3.96. The summed E-state index contributed by atoms with van der Waals surface area (Å²) in [6.07, 6.45) is 3.64. The molecule has 19 heavy (non-hydrogen) atoms. The van der Waals surface area contributed by atoms with Crippen molar-refractivity contribution in [1.29, 1.82) is 0 Å². The van der Waals surface area contributed by atoms with Crippen LogP contribution in [0.25, 0.3) is 0 Å². The number of nitrogens with zero attached hydrogens (tertiary/aromatic N) is 1. The average molecular weight is 259 g/mol. The number of hydrogen-bond donors (Lipinski definition) is 0. The van der Waals surface area contributed by atoms with Crippen LogP contribution < -0.4 is 4.74 Å². The largest absolute Gasteiger partial charge is 0.497 e. The zero-order chi connectivity index (χ0) is 13.8. The molecule has 0 saturated carbocycles. The molecule has 1 aromatic carbocycles. The molecular weight excluding hydrogens is 234 g/mol. The molecule has 1 heterocycles.